The van der Waals surface area contributed by atoms with Crippen LogP contribution in [0.25, 0.3) is 0 Å². The first kappa shape index (κ1) is 13.0. The summed E-state index contributed by atoms with van der Waals surface area (Å²) in [4.78, 5) is 22.2. The first-order chi connectivity index (χ1) is 7.41. The summed E-state index contributed by atoms with van der Waals surface area (Å²) in [6, 6.07) is 3.83. The molecule has 1 atom stereocenters. The van der Waals surface area contributed by atoms with E-state index in [1.807, 2.05) is 0 Å². The van der Waals surface area contributed by atoms with Crippen LogP contribution in [0.1, 0.15) is 17.3 Å². The van der Waals surface area contributed by atoms with Crippen molar-refractivity contribution in [3.8, 4) is 0 Å². The molecule has 2 N–H and O–H groups in total. The fraction of sp³-hybridized carbons (Fsp3) is 0.200. The Kier molecular flexibility index (Phi) is 4.32. The Morgan fingerprint density at radius 2 is 2.12 bits per heavy atom. The van der Waals surface area contributed by atoms with Gasteiger partial charge in [0.2, 0.25) is 0 Å². The zero-order valence-electron chi connectivity index (χ0n) is 8.33. The van der Waals surface area contributed by atoms with E-state index < -0.39 is 17.9 Å². The first-order valence-corrected chi connectivity index (χ1v) is 5.57. The number of carboxylic acids is 1. The van der Waals surface area contributed by atoms with Crippen molar-refractivity contribution >= 4 is 39.4 Å². The predicted molar refractivity (Wildman–Crippen MR) is 63.7 cm³/mol. The second kappa shape index (κ2) is 5.32. The van der Waals surface area contributed by atoms with Crippen LogP contribution in [0.2, 0.25) is 5.02 Å². The van der Waals surface area contributed by atoms with Gasteiger partial charge in [-0.3, -0.25) is 9.59 Å². The van der Waals surface area contributed by atoms with Gasteiger partial charge in [0.15, 0.2) is 0 Å². The molecule has 1 rings (SSSR count). The Hall–Kier alpha value is -1.07. The van der Waals surface area contributed by atoms with Crippen LogP contribution in [-0.4, -0.2) is 23.0 Å². The van der Waals surface area contributed by atoms with Gasteiger partial charge < -0.3 is 10.4 Å². The number of carbonyl (C=O) groups excluding carboxylic acids is 1. The predicted octanol–water partition coefficient (Wildman–Crippen LogP) is 2.31. The van der Waals surface area contributed by atoms with Gasteiger partial charge >= 0.3 is 5.97 Å². The van der Waals surface area contributed by atoms with Crippen LogP contribution in [-0.2, 0) is 4.79 Å². The van der Waals surface area contributed by atoms with E-state index in [0.29, 0.717) is 4.47 Å². The van der Waals surface area contributed by atoms with Crippen molar-refractivity contribution in [2.75, 3.05) is 0 Å². The van der Waals surface area contributed by atoms with Crippen LogP contribution in [0.5, 0.6) is 0 Å². The summed E-state index contributed by atoms with van der Waals surface area (Å²) in [5.74, 6) is -1.61. The van der Waals surface area contributed by atoms with Crippen molar-refractivity contribution in [3.05, 3.63) is 33.3 Å². The molecule has 0 heterocycles. The largest absolute Gasteiger partial charge is 0.480 e. The number of carbonyl (C=O) groups is 2. The number of halogens is 2. The minimum absolute atomic E-state index is 0.240. The SMILES string of the molecule is CC(NC(=O)c1cc(Br)ccc1Cl)C(=O)O. The normalized spacial score (nSPS) is 11.9. The Labute approximate surface area is 106 Å². The van der Waals surface area contributed by atoms with E-state index in [-0.39, 0.29) is 10.6 Å². The molecule has 0 bridgehead atoms. The molecule has 1 unspecified atom stereocenters. The summed E-state index contributed by atoms with van der Waals surface area (Å²) < 4.78 is 0.699. The summed E-state index contributed by atoms with van der Waals surface area (Å²) in [6.45, 7) is 1.38. The third-order valence-electron chi connectivity index (χ3n) is 1.89. The number of carboxylic acid groups (broad SMARTS) is 1. The standard InChI is InChI=1S/C10H9BrClNO3/c1-5(10(15)16)13-9(14)7-4-6(11)2-3-8(7)12/h2-5H,1H3,(H,13,14)(H,15,16). The van der Waals surface area contributed by atoms with E-state index in [0.717, 1.165) is 0 Å². The van der Waals surface area contributed by atoms with Gasteiger partial charge in [0.1, 0.15) is 6.04 Å². The molecule has 1 aromatic carbocycles. The molecule has 0 aliphatic rings. The monoisotopic (exact) mass is 305 g/mol. The molecule has 0 saturated heterocycles. The average Bonchev–Trinajstić information content (AvgIpc) is 2.21. The lowest BCUT2D eigenvalue weighted by atomic mass is 10.2. The molecule has 0 aromatic heterocycles. The molecule has 1 amide bonds. The molecule has 6 heteroatoms. The minimum Gasteiger partial charge on any atom is -0.480 e. The van der Waals surface area contributed by atoms with Crippen LogP contribution >= 0.6 is 27.5 Å². The number of hydrogen-bond donors (Lipinski definition) is 2. The lowest BCUT2D eigenvalue weighted by Crippen LogP contribution is -2.38. The first-order valence-electron chi connectivity index (χ1n) is 4.40. The highest BCUT2D eigenvalue weighted by Gasteiger charge is 2.17. The molecular formula is C10H9BrClNO3. The Morgan fingerprint density at radius 1 is 1.50 bits per heavy atom. The zero-order valence-corrected chi connectivity index (χ0v) is 10.7. The second-order valence-corrected chi connectivity index (χ2v) is 4.48. The fourth-order valence-electron chi connectivity index (χ4n) is 1.01. The van der Waals surface area contributed by atoms with Crippen LogP contribution < -0.4 is 5.32 Å². The summed E-state index contributed by atoms with van der Waals surface area (Å²) in [6.07, 6.45) is 0. The third kappa shape index (κ3) is 3.21. The van der Waals surface area contributed by atoms with Crippen LogP contribution in [0.15, 0.2) is 22.7 Å². The minimum atomic E-state index is -1.10. The topological polar surface area (TPSA) is 66.4 Å². The van der Waals surface area contributed by atoms with Gasteiger partial charge in [-0.2, -0.15) is 0 Å². The summed E-state index contributed by atoms with van der Waals surface area (Å²) in [7, 11) is 0. The van der Waals surface area contributed by atoms with E-state index >= 15 is 0 Å². The lowest BCUT2D eigenvalue weighted by molar-refractivity contribution is -0.138. The summed E-state index contributed by atoms with van der Waals surface area (Å²) in [5, 5.41) is 11.2. The molecule has 0 saturated carbocycles. The van der Waals surface area contributed by atoms with E-state index in [1.165, 1.54) is 13.0 Å². The number of rotatable bonds is 3. The van der Waals surface area contributed by atoms with Gasteiger partial charge in [-0.05, 0) is 25.1 Å². The van der Waals surface area contributed by atoms with Gasteiger partial charge in [0.05, 0.1) is 10.6 Å². The number of nitrogens with one attached hydrogen (secondary N) is 1. The molecule has 0 aliphatic heterocycles. The van der Waals surface area contributed by atoms with E-state index in [9.17, 15) is 9.59 Å². The number of aliphatic carboxylic acids is 1. The Balaban J connectivity index is 2.88. The fourth-order valence-corrected chi connectivity index (χ4v) is 1.57. The molecule has 4 nitrogen and oxygen atoms in total. The second-order valence-electron chi connectivity index (χ2n) is 3.16. The molecule has 16 heavy (non-hydrogen) atoms. The van der Waals surface area contributed by atoms with Gasteiger partial charge in [-0.15, -0.1) is 0 Å². The molecule has 0 spiro atoms. The van der Waals surface area contributed by atoms with Gasteiger partial charge in [-0.1, -0.05) is 27.5 Å². The van der Waals surface area contributed by atoms with Crippen LogP contribution in [0, 0.1) is 0 Å². The molecular weight excluding hydrogens is 297 g/mol. The maximum atomic E-state index is 11.7. The maximum Gasteiger partial charge on any atom is 0.325 e. The molecule has 0 radical (unpaired) electrons. The van der Waals surface area contributed by atoms with Crippen molar-refractivity contribution in [1.29, 1.82) is 0 Å². The van der Waals surface area contributed by atoms with Crippen molar-refractivity contribution in [1.82, 2.24) is 5.32 Å². The Bertz CT molecular complexity index is 436. The number of benzene rings is 1. The van der Waals surface area contributed by atoms with E-state index in [1.54, 1.807) is 12.1 Å². The quantitative estimate of drug-likeness (QED) is 0.900. The van der Waals surface area contributed by atoms with Crippen molar-refractivity contribution in [3.63, 3.8) is 0 Å². The average molecular weight is 307 g/mol. The zero-order chi connectivity index (χ0) is 12.3. The highest BCUT2D eigenvalue weighted by molar-refractivity contribution is 9.10. The summed E-state index contributed by atoms with van der Waals surface area (Å²) in [5.41, 5.74) is 0.240. The van der Waals surface area contributed by atoms with Gasteiger partial charge in [-0.25, -0.2) is 0 Å². The number of amides is 1. The molecule has 0 fully saturated rings. The summed E-state index contributed by atoms with van der Waals surface area (Å²) >= 11 is 9.03. The molecule has 1 aromatic rings. The smallest absolute Gasteiger partial charge is 0.325 e. The van der Waals surface area contributed by atoms with Crippen molar-refractivity contribution in [2.24, 2.45) is 0 Å². The lowest BCUT2D eigenvalue weighted by Gasteiger charge is -2.10. The van der Waals surface area contributed by atoms with Gasteiger partial charge in [0.25, 0.3) is 5.91 Å². The van der Waals surface area contributed by atoms with E-state index in [4.69, 9.17) is 16.7 Å². The van der Waals surface area contributed by atoms with Crippen molar-refractivity contribution in [2.45, 2.75) is 13.0 Å². The van der Waals surface area contributed by atoms with Crippen LogP contribution in [0.4, 0.5) is 0 Å². The molecule has 86 valence electrons. The highest BCUT2D eigenvalue weighted by atomic mass is 79.9. The van der Waals surface area contributed by atoms with Crippen molar-refractivity contribution < 1.29 is 14.7 Å². The van der Waals surface area contributed by atoms with E-state index in [2.05, 4.69) is 21.2 Å². The highest BCUT2D eigenvalue weighted by Crippen LogP contribution is 2.20. The number of hydrogen-bond acceptors (Lipinski definition) is 2. The van der Waals surface area contributed by atoms with Gasteiger partial charge in [0, 0.05) is 4.47 Å². The molecule has 0 aliphatic carbocycles. The van der Waals surface area contributed by atoms with Crippen LogP contribution in [0.3, 0.4) is 0 Å². The third-order valence-corrected chi connectivity index (χ3v) is 2.71. The Morgan fingerprint density at radius 3 is 2.69 bits per heavy atom. The maximum absolute atomic E-state index is 11.7.